The Balaban J connectivity index is 2.03. The number of carbonyl (C=O) groups excluding carboxylic acids is 2. The molecule has 1 N–H and O–H groups in total. The first-order chi connectivity index (χ1) is 11.9. The maximum absolute atomic E-state index is 12.9. The summed E-state index contributed by atoms with van der Waals surface area (Å²) in [4.78, 5) is 24.9. The predicted octanol–water partition coefficient (Wildman–Crippen LogP) is 1.66. The van der Waals surface area contributed by atoms with Crippen LogP contribution in [-0.4, -0.2) is 46.2 Å². The van der Waals surface area contributed by atoms with Gasteiger partial charge in [-0.3, -0.25) is 9.80 Å². The Morgan fingerprint density at radius 3 is 2.92 bits per heavy atom. The van der Waals surface area contributed by atoms with Gasteiger partial charge in [0.05, 0.1) is 30.8 Å². The minimum Gasteiger partial charge on any atom is -0.509 e. The van der Waals surface area contributed by atoms with Crippen molar-refractivity contribution >= 4 is 11.9 Å². The van der Waals surface area contributed by atoms with Gasteiger partial charge in [-0.15, -0.1) is 0 Å². The number of esters is 1. The number of benzene rings is 1. The van der Waals surface area contributed by atoms with E-state index in [2.05, 4.69) is 6.07 Å². The Hall–Kier alpha value is -2.85. The van der Waals surface area contributed by atoms with Crippen LogP contribution in [0.4, 0.5) is 0 Å². The molecule has 0 saturated carbocycles. The standard InChI is InChI=1S/C18H19N3O4/c1-18-7-4-8-21(18)20(11-13-6-3-5-12(9-13)10-19)16(23)14(15(18)22)17(24)25-2/h3,5-6,9,22H,4,7-8,11H2,1-2H3/t18-/m1/s1. The molecule has 2 aliphatic rings. The average molecular weight is 341 g/mol. The second kappa shape index (κ2) is 6.22. The number of nitrogens with zero attached hydrogens (tertiary/aromatic N) is 3. The molecule has 1 atom stereocenters. The largest absolute Gasteiger partial charge is 0.509 e. The van der Waals surface area contributed by atoms with Crippen molar-refractivity contribution in [3.63, 3.8) is 0 Å². The minimum atomic E-state index is -0.842. The van der Waals surface area contributed by atoms with E-state index >= 15 is 0 Å². The van der Waals surface area contributed by atoms with E-state index in [-0.39, 0.29) is 17.9 Å². The average Bonchev–Trinajstić information content (AvgIpc) is 3.02. The Bertz CT molecular complexity index is 811. The molecule has 0 aromatic heterocycles. The fraction of sp³-hybridized carbons (Fsp3) is 0.389. The topological polar surface area (TPSA) is 93.9 Å². The molecule has 1 aromatic rings. The lowest BCUT2D eigenvalue weighted by molar-refractivity contribution is -0.163. The van der Waals surface area contributed by atoms with Crippen LogP contribution in [0, 0.1) is 11.3 Å². The number of aliphatic hydroxyl groups excluding tert-OH is 1. The van der Waals surface area contributed by atoms with Crippen LogP contribution in [-0.2, 0) is 20.9 Å². The molecule has 0 unspecified atom stereocenters. The summed E-state index contributed by atoms with van der Waals surface area (Å²) in [5.74, 6) is -1.67. The third-order valence-corrected chi connectivity index (χ3v) is 4.87. The number of ether oxygens (including phenoxy) is 1. The molecule has 3 rings (SSSR count). The highest BCUT2D eigenvalue weighted by Crippen LogP contribution is 2.41. The lowest BCUT2D eigenvalue weighted by atomic mass is 9.91. The first-order valence-electron chi connectivity index (χ1n) is 8.03. The quantitative estimate of drug-likeness (QED) is 0.664. The smallest absolute Gasteiger partial charge is 0.347 e. The molecule has 0 aliphatic carbocycles. The van der Waals surface area contributed by atoms with Gasteiger partial charge in [0.25, 0.3) is 5.91 Å². The number of hydrogen-bond acceptors (Lipinski definition) is 6. The van der Waals surface area contributed by atoms with Crippen molar-refractivity contribution in [1.82, 2.24) is 10.0 Å². The van der Waals surface area contributed by atoms with Crippen molar-refractivity contribution in [3.05, 3.63) is 46.7 Å². The Labute approximate surface area is 145 Å². The van der Waals surface area contributed by atoms with Crippen molar-refractivity contribution in [1.29, 1.82) is 5.26 Å². The zero-order valence-electron chi connectivity index (χ0n) is 14.2. The zero-order valence-corrected chi connectivity index (χ0v) is 14.2. The van der Waals surface area contributed by atoms with E-state index in [0.29, 0.717) is 18.5 Å². The third-order valence-electron chi connectivity index (χ3n) is 4.87. The summed E-state index contributed by atoms with van der Waals surface area (Å²) in [6.45, 7) is 2.61. The van der Waals surface area contributed by atoms with Gasteiger partial charge in [0.15, 0.2) is 5.57 Å². The molecular weight excluding hydrogens is 322 g/mol. The van der Waals surface area contributed by atoms with Crippen LogP contribution in [0.2, 0.25) is 0 Å². The predicted molar refractivity (Wildman–Crippen MR) is 87.7 cm³/mol. The molecule has 2 aliphatic heterocycles. The van der Waals surface area contributed by atoms with Gasteiger partial charge in [-0.2, -0.15) is 5.26 Å². The molecule has 1 fully saturated rings. The van der Waals surface area contributed by atoms with Gasteiger partial charge in [-0.25, -0.2) is 9.80 Å². The molecule has 25 heavy (non-hydrogen) atoms. The first kappa shape index (κ1) is 17.0. The van der Waals surface area contributed by atoms with Gasteiger partial charge in [-0.05, 0) is 37.5 Å². The number of methoxy groups -OCH3 is 1. The van der Waals surface area contributed by atoms with E-state index in [1.807, 2.05) is 13.0 Å². The Morgan fingerprint density at radius 1 is 1.48 bits per heavy atom. The number of fused-ring (bicyclic) bond motifs is 1. The molecule has 0 bridgehead atoms. The number of hydrogen-bond donors (Lipinski definition) is 1. The van der Waals surface area contributed by atoms with Crippen LogP contribution in [0.3, 0.4) is 0 Å². The van der Waals surface area contributed by atoms with E-state index in [1.165, 1.54) is 12.1 Å². The van der Waals surface area contributed by atoms with Crippen molar-refractivity contribution in [2.75, 3.05) is 13.7 Å². The van der Waals surface area contributed by atoms with E-state index in [9.17, 15) is 14.7 Å². The maximum atomic E-state index is 12.9. The van der Waals surface area contributed by atoms with Gasteiger partial charge >= 0.3 is 5.97 Å². The zero-order chi connectivity index (χ0) is 18.2. The second-order valence-corrected chi connectivity index (χ2v) is 6.39. The van der Waals surface area contributed by atoms with Crippen LogP contribution in [0.1, 0.15) is 30.9 Å². The van der Waals surface area contributed by atoms with Crippen molar-refractivity contribution in [3.8, 4) is 6.07 Å². The third kappa shape index (κ3) is 2.65. The second-order valence-electron chi connectivity index (χ2n) is 6.39. The van der Waals surface area contributed by atoms with Gasteiger partial charge in [0, 0.05) is 6.54 Å². The highest BCUT2D eigenvalue weighted by Gasteiger charge is 2.52. The SMILES string of the molecule is COC(=O)C1=C(O)[C@@]2(C)CCCN2N(Cc2cccc(C#N)c2)C1=O. The highest BCUT2D eigenvalue weighted by molar-refractivity contribution is 6.17. The molecule has 1 amide bonds. The summed E-state index contributed by atoms with van der Waals surface area (Å²) < 4.78 is 4.69. The molecule has 130 valence electrons. The number of amides is 1. The van der Waals surface area contributed by atoms with E-state index in [0.717, 1.165) is 12.0 Å². The van der Waals surface area contributed by atoms with E-state index < -0.39 is 17.4 Å². The number of carbonyl (C=O) groups is 2. The molecular formula is C18H19N3O4. The number of rotatable bonds is 3. The van der Waals surface area contributed by atoms with Crippen LogP contribution in [0.5, 0.6) is 0 Å². The van der Waals surface area contributed by atoms with Gasteiger partial charge < -0.3 is 9.84 Å². The molecule has 0 radical (unpaired) electrons. The van der Waals surface area contributed by atoms with E-state index in [1.54, 1.807) is 23.2 Å². The van der Waals surface area contributed by atoms with Gasteiger partial charge in [-0.1, -0.05) is 12.1 Å². The van der Waals surface area contributed by atoms with Gasteiger partial charge in [0.2, 0.25) is 0 Å². The van der Waals surface area contributed by atoms with Crippen LogP contribution in [0.25, 0.3) is 0 Å². The van der Waals surface area contributed by atoms with Crippen LogP contribution < -0.4 is 0 Å². The molecule has 1 saturated heterocycles. The Morgan fingerprint density at radius 2 is 2.24 bits per heavy atom. The van der Waals surface area contributed by atoms with Crippen molar-refractivity contribution < 1.29 is 19.4 Å². The summed E-state index contributed by atoms with van der Waals surface area (Å²) in [6.07, 6.45) is 1.42. The Kier molecular flexibility index (Phi) is 4.23. The molecule has 7 nitrogen and oxygen atoms in total. The van der Waals surface area contributed by atoms with Crippen LogP contribution in [0.15, 0.2) is 35.6 Å². The summed E-state index contributed by atoms with van der Waals surface area (Å²) in [7, 11) is 1.18. The maximum Gasteiger partial charge on any atom is 0.347 e. The molecule has 1 aromatic carbocycles. The normalized spacial score (nSPS) is 23.4. The van der Waals surface area contributed by atoms with Crippen molar-refractivity contribution in [2.24, 2.45) is 0 Å². The number of nitriles is 1. The summed E-state index contributed by atoms with van der Waals surface area (Å²) in [5.41, 5.74) is 0.133. The summed E-state index contributed by atoms with van der Waals surface area (Å²) in [5, 5.41) is 22.9. The lowest BCUT2D eigenvalue weighted by Gasteiger charge is -2.46. The fourth-order valence-electron chi connectivity index (χ4n) is 3.54. The van der Waals surface area contributed by atoms with Crippen molar-refractivity contribution in [2.45, 2.75) is 31.8 Å². The van der Waals surface area contributed by atoms with Crippen LogP contribution >= 0.6 is 0 Å². The van der Waals surface area contributed by atoms with Gasteiger partial charge in [0.1, 0.15) is 5.76 Å². The number of hydrazine groups is 1. The summed E-state index contributed by atoms with van der Waals surface area (Å²) in [6, 6.07) is 9.03. The fourth-order valence-corrected chi connectivity index (χ4v) is 3.54. The molecule has 7 heteroatoms. The van der Waals surface area contributed by atoms with E-state index in [4.69, 9.17) is 10.00 Å². The summed E-state index contributed by atoms with van der Waals surface area (Å²) >= 11 is 0. The lowest BCUT2D eigenvalue weighted by Crippen LogP contribution is -2.60. The molecule has 2 heterocycles. The monoisotopic (exact) mass is 341 g/mol. The highest BCUT2D eigenvalue weighted by atomic mass is 16.5. The molecule has 0 spiro atoms. The minimum absolute atomic E-state index is 0.206. The first-order valence-corrected chi connectivity index (χ1v) is 8.03. The number of aliphatic hydroxyl groups is 1.